The molecule has 0 saturated carbocycles. The van der Waals surface area contributed by atoms with Crippen LogP contribution < -0.4 is 5.73 Å². The molecule has 1 rings (SSSR count). The second-order valence-electron chi connectivity index (χ2n) is 5.59. The second-order valence-corrected chi connectivity index (χ2v) is 6.02. The molecular formula is C14H18ClNO4. The Morgan fingerprint density at radius 3 is 2.40 bits per heavy atom. The topological polar surface area (TPSA) is 89.6 Å². The standard InChI is InChI=1S/C14H18ClNO4/c1-13(2,3)20-12(19)14(16,11(17)18)8-9-5-4-6-10(15)7-9/h4-7H,8,16H2,1-3H3,(H,17,18). The summed E-state index contributed by atoms with van der Waals surface area (Å²) in [7, 11) is 0. The lowest BCUT2D eigenvalue weighted by atomic mass is 9.91. The number of esters is 1. The van der Waals surface area contributed by atoms with Crippen LogP contribution in [0.4, 0.5) is 0 Å². The Balaban J connectivity index is 3.04. The molecule has 0 radical (unpaired) electrons. The smallest absolute Gasteiger partial charge is 0.338 e. The molecule has 1 aromatic rings. The first-order valence-electron chi connectivity index (χ1n) is 6.05. The lowest BCUT2D eigenvalue weighted by Crippen LogP contribution is -2.58. The molecule has 5 nitrogen and oxygen atoms in total. The van der Waals surface area contributed by atoms with Crippen molar-refractivity contribution >= 4 is 23.5 Å². The van der Waals surface area contributed by atoms with Crippen molar-refractivity contribution in [3.63, 3.8) is 0 Å². The molecular weight excluding hydrogens is 282 g/mol. The Morgan fingerprint density at radius 1 is 1.35 bits per heavy atom. The highest BCUT2D eigenvalue weighted by Crippen LogP contribution is 2.20. The van der Waals surface area contributed by atoms with Crippen LogP contribution in [0.25, 0.3) is 0 Å². The number of rotatable bonds is 4. The van der Waals surface area contributed by atoms with Crippen molar-refractivity contribution in [2.24, 2.45) is 5.73 Å². The fourth-order valence-corrected chi connectivity index (χ4v) is 1.79. The summed E-state index contributed by atoms with van der Waals surface area (Å²) < 4.78 is 5.09. The first-order chi connectivity index (χ1) is 9.04. The number of ether oxygens (including phenoxy) is 1. The van der Waals surface area contributed by atoms with Crippen LogP contribution in [0.2, 0.25) is 5.02 Å². The molecule has 0 fully saturated rings. The molecule has 6 heteroatoms. The molecule has 3 N–H and O–H groups in total. The third kappa shape index (κ3) is 4.21. The van der Waals surface area contributed by atoms with Gasteiger partial charge in [-0.2, -0.15) is 0 Å². The van der Waals surface area contributed by atoms with E-state index in [1.807, 2.05) is 0 Å². The lowest BCUT2D eigenvalue weighted by Gasteiger charge is -2.28. The van der Waals surface area contributed by atoms with Crippen molar-refractivity contribution < 1.29 is 19.4 Å². The highest BCUT2D eigenvalue weighted by atomic mass is 35.5. The Labute approximate surface area is 122 Å². The molecule has 0 aliphatic rings. The maximum Gasteiger partial charge on any atom is 0.338 e. The van der Waals surface area contributed by atoms with Crippen LogP contribution in [0, 0.1) is 0 Å². The summed E-state index contributed by atoms with van der Waals surface area (Å²) in [5.74, 6) is -2.41. The quantitative estimate of drug-likeness (QED) is 0.655. The summed E-state index contributed by atoms with van der Waals surface area (Å²) in [6, 6.07) is 6.53. The summed E-state index contributed by atoms with van der Waals surface area (Å²) >= 11 is 5.83. The number of halogens is 1. The zero-order valence-electron chi connectivity index (χ0n) is 11.6. The number of hydrogen-bond acceptors (Lipinski definition) is 4. The molecule has 0 heterocycles. The lowest BCUT2D eigenvalue weighted by molar-refractivity contribution is -0.169. The SMILES string of the molecule is CC(C)(C)OC(=O)C(N)(Cc1cccc(Cl)c1)C(=O)O. The van der Waals surface area contributed by atoms with Gasteiger partial charge in [-0.3, -0.25) is 0 Å². The third-order valence-electron chi connectivity index (χ3n) is 2.52. The average Bonchev–Trinajstić information content (AvgIpc) is 2.26. The van der Waals surface area contributed by atoms with Crippen molar-refractivity contribution in [2.75, 3.05) is 0 Å². The molecule has 1 atom stereocenters. The van der Waals surface area contributed by atoms with Gasteiger partial charge >= 0.3 is 11.9 Å². The third-order valence-corrected chi connectivity index (χ3v) is 2.75. The van der Waals surface area contributed by atoms with Gasteiger partial charge in [-0.1, -0.05) is 23.7 Å². The van der Waals surface area contributed by atoms with E-state index in [0.717, 1.165) is 0 Å². The van der Waals surface area contributed by atoms with Gasteiger partial charge in [0, 0.05) is 11.4 Å². The average molecular weight is 300 g/mol. The van der Waals surface area contributed by atoms with Crippen LogP contribution in [0.3, 0.4) is 0 Å². The van der Waals surface area contributed by atoms with Gasteiger partial charge in [-0.15, -0.1) is 0 Å². The van der Waals surface area contributed by atoms with Gasteiger partial charge in [-0.25, -0.2) is 9.59 Å². The first kappa shape index (κ1) is 16.5. The second kappa shape index (κ2) is 5.81. The van der Waals surface area contributed by atoms with E-state index in [9.17, 15) is 14.7 Å². The van der Waals surface area contributed by atoms with Gasteiger partial charge in [0.1, 0.15) is 5.60 Å². The number of carboxylic acids is 1. The summed E-state index contributed by atoms with van der Waals surface area (Å²) in [5, 5.41) is 9.72. The number of benzene rings is 1. The van der Waals surface area contributed by atoms with Gasteiger partial charge in [0.15, 0.2) is 0 Å². The van der Waals surface area contributed by atoms with E-state index >= 15 is 0 Å². The van der Waals surface area contributed by atoms with Gasteiger partial charge in [0.2, 0.25) is 5.54 Å². The number of carboxylic acid groups (broad SMARTS) is 1. The van der Waals surface area contributed by atoms with E-state index in [2.05, 4.69) is 0 Å². The number of hydrogen-bond donors (Lipinski definition) is 2. The first-order valence-corrected chi connectivity index (χ1v) is 6.42. The van der Waals surface area contributed by atoms with Crippen LogP contribution in [0.15, 0.2) is 24.3 Å². The van der Waals surface area contributed by atoms with Crippen molar-refractivity contribution in [3.05, 3.63) is 34.9 Å². The number of aliphatic carboxylic acids is 1. The minimum atomic E-state index is -2.14. The van der Waals surface area contributed by atoms with Crippen molar-refractivity contribution in [1.29, 1.82) is 0 Å². The van der Waals surface area contributed by atoms with Crippen LogP contribution in [-0.2, 0) is 20.7 Å². The summed E-state index contributed by atoms with van der Waals surface area (Å²) in [6.07, 6.45) is -0.197. The normalized spacial score (nSPS) is 14.4. The van der Waals surface area contributed by atoms with Crippen LogP contribution in [-0.4, -0.2) is 28.2 Å². The zero-order valence-corrected chi connectivity index (χ0v) is 12.4. The van der Waals surface area contributed by atoms with Crippen LogP contribution in [0.1, 0.15) is 26.3 Å². The molecule has 0 saturated heterocycles. The van der Waals surface area contributed by atoms with Crippen molar-refractivity contribution in [3.8, 4) is 0 Å². The Bertz CT molecular complexity index is 524. The Hall–Kier alpha value is -1.59. The molecule has 1 unspecified atom stereocenters. The molecule has 0 amide bonds. The highest BCUT2D eigenvalue weighted by molar-refractivity contribution is 6.30. The predicted molar refractivity (Wildman–Crippen MR) is 75.6 cm³/mol. The van der Waals surface area contributed by atoms with E-state index in [4.69, 9.17) is 22.1 Å². The van der Waals surface area contributed by atoms with Gasteiger partial charge in [0.25, 0.3) is 0 Å². The minimum absolute atomic E-state index is 0.197. The van der Waals surface area contributed by atoms with Crippen LogP contribution >= 0.6 is 11.6 Å². The van der Waals surface area contributed by atoms with Crippen molar-refractivity contribution in [1.82, 2.24) is 0 Å². The molecule has 110 valence electrons. The Kier molecular flexibility index (Phi) is 4.78. The molecule has 20 heavy (non-hydrogen) atoms. The molecule has 1 aromatic carbocycles. The number of carbonyl (C=O) groups excluding carboxylic acids is 1. The van der Waals surface area contributed by atoms with E-state index in [-0.39, 0.29) is 6.42 Å². The summed E-state index contributed by atoms with van der Waals surface area (Å²) in [4.78, 5) is 23.4. The van der Waals surface area contributed by atoms with E-state index in [0.29, 0.717) is 10.6 Å². The van der Waals surface area contributed by atoms with Gasteiger partial charge < -0.3 is 15.6 Å². The Morgan fingerprint density at radius 2 is 1.95 bits per heavy atom. The summed E-state index contributed by atoms with van der Waals surface area (Å²) in [5.41, 5.74) is 3.35. The molecule has 0 aliphatic heterocycles. The summed E-state index contributed by atoms with van der Waals surface area (Å²) in [6.45, 7) is 4.94. The molecule has 0 spiro atoms. The molecule has 0 bridgehead atoms. The number of carbonyl (C=O) groups is 2. The maximum absolute atomic E-state index is 12.1. The van der Waals surface area contributed by atoms with Crippen LogP contribution in [0.5, 0.6) is 0 Å². The maximum atomic E-state index is 12.1. The number of nitrogens with two attached hydrogens (primary N) is 1. The fraction of sp³-hybridized carbons (Fsp3) is 0.429. The van der Waals surface area contributed by atoms with Gasteiger partial charge in [-0.05, 0) is 38.5 Å². The largest absolute Gasteiger partial charge is 0.479 e. The zero-order chi connectivity index (χ0) is 15.6. The highest BCUT2D eigenvalue weighted by Gasteiger charge is 2.45. The van der Waals surface area contributed by atoms with E-state index < -0.39 is 23.1 Å². The fourth-order valence-electron chi connectivity index (χ4n) is 1.57. The molecule has 0 aromatic heterocycles. The van der Waals surface area contributed by atoms with E-state index in [1.165, 1.54) is 0 Å². The minimum Gasteiger partial charge on any atom is -0.479 e. The molecule has 0 aliphatic carbocycles. The predicted octanol–water partition coefficient (Wildman–Crippen LogP) is 2.01. The van der Waals surface area contributed by atoms with E-state index in [1.54, 1.807) is 45.0 Å². The van der Waals surface area contributed by atoms with Gasteiger partial charge in [0.05, 0.1) is 0 Å². The monoisotopic (exact) mass is 299 g/mol. The van der Waals surface area contributed by atoms with Crippen molar-refractivity contribution in [2.45, 2.75) is 38.3 Å².